The van der Waals surface area contributed by atoms with E-state index in [0.717, 1.165) is 11.3 Å². The molecule has 2 aromatic carbocycles. The Morgan fingerprint density at radius 1 is 1.00 bits per heavy atom. The molecular weight excluding hydrogens is 328 g/mol. The highest BCUT2D eigenvalue weighted by Crippen LogP contribution is 2.20. The Hall–Kier alpha value is -3.00. The summed E-state index contributed by atoms with van der Waals surface area (Å²) in [5, 5.41) is 11.9. The van der Waals surface area contributed by atoms with E-state index < -0.39 is 6.10 Å². The van der Waals surface area contributed by atoms with Gasteiger partial charge in [-0.05, 0) is 63.6 Å². The van der Waals surface area contributed by atoms with Crippen molar-refractivity contribution in [3.05, 3.63) is 59.7 Å². The number of carbonyl (C=O) groups excluding carboxylic acids is 1. The zero-order valence-corrected chi connectivity index (χ0v) is 15.5. The maximum atomic E-state index is 12.4. The van der Waals surface area contributed by atoms with E-state index >= 15 is 0 Å². The van der Waals surface area contributed by atoms with Gasteiger partial charge in [-0.15, -0.1) is 0 Å². The number of carbonyl (C=O) groups is 1. The van der Waals surface area contributed by atoms with Crippen LogP contribution >= 0.6 is 0 Å². The quantitative estimate of drug-likeness (QED) is 0.818. The third kappa shape index (κ3) is 5.52. The van der Waals surface area contributed by atoms with Gasteiger partial charge in [-0.2, -0.15) is 5.26 Å². The number of hydrogen-bond acceptors (Lipinski definition) is 4. The summed E-state index contributed by atoms with van der Waals surface area (Å²) in [7, 11) is 0. The molecule has 2 atom stereocenters. The van der Waals surface area contributed by atoms with Crippen LogP contribution in [0, 0.1) is 11.3 Å². The molecule has 136 valence electrons. The highest BCUT2D eigenvalue weighted by molar-refractivity contribution is 5.81. The number of nitrogens with zero attached hydrogens (tertiary/aromatic N) is 1. The molecule has 1 amide bonds. The van der Waals surface area contributed by atoms with E-state index in [-0.39, 0.29) is 18.1 Å². The molecule has 1 N–H and O–H groups in total. The Balaban J connectivity index is 1.98. The number of benzene rings is 2. The molecular formula is C21H24N2O3. The summed E-state index contributed by atoms with van der Waals surface area (Å²) in [6.45, 7) is 7.53. The summed E-state index contributed by atoms with van der Waals surface area (Å²) in [4.78, 5) is 12.4. The second-order valence-corrected chi connectivity index (χ2v) is 6.37. The molecule has 5 heteroatoms. The molecule has 0 aromatic heterocycles. The Bertz CT molecular complexity index is 796. The summed E-state index contributed by atoms with van der Waals surface area (Å²) in [6.07, 6.45) is -0.589. The largest absolute Gasteiger partial charge is 0.491 e. The molecule has 0 aliphatic heterocycles. The Morgan fingerprint density at radius 3 is 2.31 bits per heavy atom. The van der Waals surface area contributed by atoms with Crippen molar-refractivity contribution in [2.45, 2.75) is 45.9 Å². The normalized spacial score (nSPS) is 12.8. The van der Waals surface area contributed by atoms with Crippen LogP contribution in [0.15, 0.2) is 48.5 Å². The van der Waals surface area contributed by atoms with Crippen molar-refractivity contribution in [2.24, 2.45) is 0 Å². The molecule has 0 saturated heterocycles. The van der Waals surface area contributed by atoms with Gasteiger partial charge < -0.3 is 14.8 Å². The molecule has 0 heterocycles. The first-order valence-electron chi connectivity index (χ1n) is 8.63. The fourth-order valence-corrected chi connectivity index (χ4v) is 2.44. The van der Waals surface area contributed by atoms with Crippen molar-refractivity contribution in [3.63, 3.8) is 0 Å². The monoisotopic (exact) mass is 352 g/mol. The average molecular weight is 352 g/mol. The van der Waals surface area contributed by atoms with Gasteiger partial charge in [0.05, 0.1) is 23.8 Å². The second-order valence-electron chi connectivity index (χ2n) is 6.37. The van der Waals surface area contributed by atoms with Gasteiger partial charge in [-0.3, -0.25) is 4.79 Å². The smallest absolute Gasteiger partial charge is 0.261 e. The Labute approximate surface area is 154 Å². The molecule has 0 radical (unpaired) electrons. The number of hydrogen-bond donors (Lipinski definition) is 1. The van der Waals surface area contributed by atoms with Gasteiger partial charge >= 0.3 is 0 Å². The van der Waals surface area contributed by atoms with Crippen LogP contribution in [0.3, 0.4) is 0 Å². The second kappa shape index (κ2) is 8.91. The molecule has 0 aliphatic rings. The predicted molar refractivity (Wildman–Crippen MR) is 100 cm³/mol. The van der Waals surface area contributed by atoms with E-state index in [1.165, 1.54) is 0 Å². The standard InChI is InChI=1S/C21H24N2O3/c1-14(2)25-20-10-6-8-18(12-20)15(3)23-21(24)16(4)26-19-9-5-7-17(11-19)13-22/h5-12,14-16H,1-4H3,(H,23,24). The van der Waals surface area contributed by atoms with Gasteiger partial charge in [0.1, 0.15) is 11.5 Å². The molecule has 2 aromatic rings. The van der Waals surface area contributed by atoms with Crippen molar-refractivity contribution < 1.29 is 14.3 Å². The van der Waals surface area contributed by atoms with Crippen molar-refractivity contribution in [2.75, 3.05) is 0 Å². The van der Waals surface area contributed by atoms with Crippen LogP contribution < -0.4 is 14.8 Å². The average Bonchev–Trinajstić information content (AvgIpc) is 2.61. The molecule has 0 fully saturated rings. The summed E-state index contributed by atoms with van der Waals surface area (Å²) >= 11 is 0. The number of rotatable bonds is 7. The molecule has 2 rings (SSSR count). The maximum absolute atomic E-state index is 12.4. The number of nitriles is 1. The van der Waals surface area contributed by atoms with E-state index in [4.69, 9.17) is 14.7 Å². The van der Waals surface area contributed by atoms with Crippen LogP contribution in [-0.2, 0) is 4.79 Å². The van der Waals surface area contributed by atoms with E-state index in [2.05, 4.69) is 5.32 Å². The van der Waals surface area contributed by atoms with Crippen molar-refractivity contribution in [1.82, 2.24) is 5.32 Å². The van der Waals surface area contributed by atoms with Crippen LogP contribution in [0.25, 0.3) is 0 Å². The van der Waals surface area contributed by atoms with Crippen molar-refractivity contribution >= 4 is 5.91 Å². The fraction of sp³-hybridized carbons (Fsp3) is 0.333. The van der Waals surface area contributed by atoms with Crippen LogP contribution in [0.5, 0.6) is 11.5 Å². The van der Waals surface area contributed by atoms with Gasteiger partial charge in [0.15, 0.2) is 6.10 Å². The van der Waals surface area contributed by atoms with Crippen LogP contribution in [0.1, 0.15) is 44.9 Å². The molecule has 2 unspecified atom stereocenters. The van der Waals surface area contributed by atoms with Crippen LogP contribution in [0.4, 0.5) is 0 Å². The number of amides is 1. The first kappa shape index (κ1) is 19.3. The lowest BCUT2D eigenvalue weighted by molar-refractivity contribution is -0.127. The third-order valence-corrected chi connectivity index (χ3v) is 3.73. The lowest BCUT2D eigenvalue weighted by Gasteiger charge is -2.20. The number of nitrogens with one attached hydrogen (secondary N) is 1. The summed E-state index contributed by atoms with van der Waals surface area (Å²) < 4.78 is 11.3. The zero-order chi connectivity index (χ0) is 19.1. The van der Waals surface area contributed by atoms with Crippen molar-refractivity contribution in [1.29, 1.82) is 5.26 Å². The minimum atomic E-state index is -0.679. The molecule has 26 heavy (non-hydrogen) atoms. The van der Waals surface area contributed by atoms with Gasteiger partial charge in [-0.1, -0.05) is 18.2 Å². The first-order chi connectivity index (χ1) is 12.4. The van der Waals surface area contributed by atoms with Gasteiger partial charge in [0, 0.05) is 0 Å². The minimum Gasteiger partial charge on any atom is -0.491 e. The molecule has 0 saturated carbocycles. The van der Waals surface area contributed by atoms with Crippen LogP contribution in [-0.4, -0.2) is 18.1 Å². The first-order valence-corrected chi connectivity index (χ1v) is 8.63. The Kier molecular flexibility index (Phi) is 6.62. The van der Waals surface area contributed by atoms with Crippen LogP contribution in [0.2, 0.25) is 0 Å². The highest BCUT2D eigenvalue weighted by Gasteiger charge is 2.18. The van der Waals surface area contributed by atoms with E-state index in [1.54, 1.807) is 31.2 Å². The van der Waals surface area contributed by atoms with E-state index in [0.29, 0.717) is 11.3 Å². The maximum Gasteiger partial charge on any atom is 0.261 e. The third-order valence-electron chi connectivity index (χ3n) is 3.73. The summed E-state index contributed by atoms with van der Waals surface area (Å²) in [5.74, 6) is 1.04. The van der Waals surface area contributed by atoms with Crippen molar-refractivity contribution in [3.8, 4) is 17.6 Å². The van der Waals surface area contributed by atoms with Gasteiger partial charge in [0.25, 0.3) is 5.91 Å². The molecule has 0 aliphatic carbocycles. The lowest BCUT2D eigenvalue weighted by Crippen LogP contribution is -2.37. The molecule has 5 nitrogen and oxygen atoms in total. The minimum absolute atomic E-state index is 0.0905. The SMILES string of the molecule is CC(C)Oc1cccc(C(C)NC(=O)C(C)Oc2cccc(C#N)c2)c1. The lowest BCUT2D eigenvalue weighted by atomic mass is 10.1. The summed E-state index contributed by atoms with van der Waals surface area (Å²) in [5.41, 5.74) is 1.45. The zero-order valence-electron chi connectivity index (χ0n) is 15.5. The number of ether oxygens (including phenoxy) is 2. The fourth-order valence-electron chi connectivity index (χ4n) is 2.44. The molecule has 0 bridgehead atoms. The van der Waals surface area contributed by atoms with E-state index in [1.807, 2.05) is 51.1 Å². The summed E-state index contributed by atoms with van der Waals surface area (Å²) in [6, 6.07) is 16.3. The topological polar surface area (TPSA) is 71.3 Å². The van der Waals surface area contributed by atoms with Gasteiger partial charge in [0.2, 0.25) is 0 Å². The Morgan fingerprint density at radius 2 is 1.65 bits per heavy atom. The van der Waals surface area contributed by atoms with Gasteiger partial charge in [-0.25, -0.2) is 0 Å². The predicted octanol–water partition coefficient (Wildman–Crippen LogP) is 3.99. The van der Waals surface area contributed by atoms with E-state index in [9.17, 15) is 4.79 Å². The highest BCUT2D eigenvalue weighted by atomic mass is 16.5. The molecule has 0 spiro atoms.